The maximum absolute atomic E-state index is 12.0. The fourth-order valence-corrected chi connectivity index (χ4v) is 3.72. The highest BCUT2D eigenvalue weighted by molar-refractivity contribution is 5.95. The lowest BCUT2D eigenvalue weighted by Crippen LogP contribution is -2.34. The highest BCUT2D eigenvalue weighted by atomic mass is 16.5. The molecule has 0 aromatic heterocycles. The first-order chi connectivity index (χ1) is 13.6. The summed E-state index contributed by atoms with van der Waals surface area (Å²) in [4.78, 5) is 24.0. The molecule has 2 aliphatic rings. The summed E-state index contributed by atoms with van der Waals surface area (Å²) in [6.45, 7) is 3.87. The molecule has 1 saturated heterocycles. The average molecular weight is 389 g/mol. The van der Waals surface area contributed by atoms with Gasteiger partial charge < -0.3 is 25.4 Å². The largest absolute Gasteiger partial charge is 0.376 e. The Kier molecular flexibility index (Phi) is 7.68. The van der Waals surface area contributed by atoms with Crippen LogP contribution in [0.1, 0.15) is 45.4 Å². The van der Waals surface area contributed by atoms with E-state index in [2.05, 4.69) is 22.9 Å². The number of carbonyl (C=O) groups is 2. The van der Waals surface area contributed by atoms with E-state index in [4.69, 9.17) is 9.47 Å². The maximum Gasteiger partial charge on any atom is 0.319 e. The van der Waals surface area contributed by atoms with Crippen LogP contribution in [-0.4, -0.2) is 43.9 Å². The van der Waals surface area contributed by atoms with Gasteiger partial charge in [0.25, 0.3) is 5.91 Å². The van der Waals surface area contributed by atoms with Gasteiger partial charge in [0.15, 0.2) is 0 Å². The van der Waals surface area contributed by atoms with Crippen molar-refractivity contribution in [3.05, 3.63) is 24.3 Å². The van der Waals surface area contributed by atoms with Crippen molar-refractivity contribution in [2.24, 2.45) is 5.92 Å². The summed E-state index contributed by atoms with van der Waals surface area (Å²) in [5.74, 6) is 0.477. The number of hydrogen-bond donors (Lipinski definition) is 3. The summed E-state index contributed by atoms with van der Waals surface area (Å²) < 4.78 is 11.3. The Hall–Kier alpha value is -2.12. The minimum absolute atomic E-state index is 0.122. The molecule has 154 valence electrons. The number of hydrogen-bond acceptors (Lipinski definition) is 4. The molecule has 0 spiro atoms. The first kappa shape index (κ1) is 20.6. The first-order valence-corrected chi connectivity index (χ1v) is 10.3. The predicted octanol–water partition coefficient (Wildman–Crippen LogP) is 3.52. The molecular formula is C21H31N3O4. The number of rotatable bonds is 7. The summed E-state index contributed by atoms with van der Waals surface area (Å²) >= 11 is 0. The van der Waals surface area contributed by atoms with Gasteiger partial charge in [-0.05, 0) is 55.9 Å². The molecule has 3 atom stereocenters. The van der Waals surface area contributed by atoms with E-state index in [1.165, 1.54) is 19.3 Å². The monoisotopic (exact) mass is 389 g/mol. The molecule has 3 rings (SSSR count). The zero-order valence-corrected chi connectivity index (χ0v) is 16.5. The highest BCUT2D eigenvalue weighted by Gasteiger charge is 2.23. The molecule has 3 amide bonds. The van der Waals surface area contributed by atoms with Gasteiger partial charge >= 0.3 is 6.03 Å². The molecule has 2 fully saturated rings. The van der Waals surface area contributed by atoms with Crippen LogP contribution in [0.25, 0.3) is 0 Å². The van der Waals surface area contributed by atoms with E-state index in [1.54, 1.807) is 24.3 Å². The molecule has 3 N–H and O–H groups in total. The molecule has 0 radical (unpaired) electrons. The number of ether oxygens (including phenoxy) is 2. The van der Waals surface area contributed by atoms with Gasteiger partial charge in [-0.25, -0.2) is 4.79 Å². The van der Waals surface area contributed by atoms with Gasteiger partial charge in [0.05, 0.1) is 12.7 Å². The number of nitrogens with one attached hydrogen (secondary N) is 3. The van der Waals surface area contributed by atoms with E-state index in [0.29, 0.717) is 43.2 Å². The molecule has 1 aromatic rings. The zero-order valence-electron chi connectivity index (χ0n) is 16.5. The van der Waals surface area contributed by atoms with Crippen LogP contribution < -0.4 is 16.0 Å². The van der Waals surface area contributed by atoms with Crippen LogP contribution in [0.3, 0.4) is 0 Å². The highest BCUT2D eigenvalue weighted by Crippen LogP contribution is 2.26. The van der Waals surface area contributed by atoms with Gasteiger partial charge in [-0.2, -0.15) is 0 Å². The van der Waals surface area contributed by atoms with Crippen molar-refractivity contribution in [3.63, 3.8) is 0 Å². The van der Waals surface area contributed by atoms with Crippen molar-refractivity contribution < 1.29 is 19.1 Å². The van der Waals surface area contributed by atoms with Gasteiger partial charge in [0, 0.05) is 24.5 Å². The normalized spacial score (nSPS) is 24.5. The Morgan fingerprint density at radius 2 is 1.75 bits per heavy atom. The summed E-state index contributed by atoms with van der Waals surface area (Å²) in [6, 6.07) is 6.76. The minimum Gasteiger partial charge on any atom is -0.376 e. The third-order valence-electron chi connectivity index (χ3n) is 5.38. The fraction of sp³-hybridized carbons (Fsp3) is 0.619. The summed E-state index contributed by atoms with van der Waals surface area (Å²) in [5.41, 5.74) is 1.34. The molecule has 28 heavy (non-hydrogen) atoms. The van der Waals surface area contributed by atoms with Crippen molar-refractivity contribution in [1.29, 1.82) is 0 Å². The van der Waals surface area contributed by atoms with Crippen LogP contribution in [-0.2, 0) is 14.3 Å². The molecule has 1 saturated carbocycles. The zero-order chi connectivity index (χ0) is 19.8. The Bertz CT molecular complexity index is 644. The smallest absolute Gasteiger partial charge is 0.319 e. The molecule has 1 aromatic carbocycles. The average Bonchev–Trinajstić information content (AvgIpc) is 3.23. The lowest BCUT2D eigenvalue weighted by molar-refractivity contribution is -0.124. The summed E-state index contributed by atoms with van der Waals surface area (Å²) in [6.07, 6.45) is 6.49. The maximum atomic E-state index is 12.0. The van der Waals surface area contributed by atoms with Crippen molar-refractivity contribution >= 4 is 23.3 Å². The fourth-order valence-electron chi connectivity index (χ4n) is 3.72. The molecule has 1 aliphatic heterocycles. The van der Waals surface area contributed by atoms with Crippen LogP contribution in [0.15, 0.2) is 24.3 Å². The lowest BCUT2D eigenvalue weighted by Gasteiger charge is -2.28. The van der Waals surface area contributed by atoms with E-state index in [1.807, 2.05) is 0 Å². The van der Waals surface area contributed by atoms with E-state index in [0.717, 1.165) is 19.3 Å². The number of anilines is 2. The van der Waals surface area contributed by atoms with Crippen LogP contribution >= 0.6 is 0 Å². The second kappa shape index (κ2) is 10.4. The van der Waals surface area contributed by atoms with Crippen molar-refractivity contribution in [2.75, 3.05) is 30.4 Å². The third kappa shape index (κ3) is 6.21. The Balaban J connectivity index is 1.34. The van der Waals surface area contributed by atoms with Gasteiger partial charge in [-0.15, -0.1) is 0 Å². The first-order valence-electron chi connectivity index (χ1n) is 10.3. The Labute approximate surface area is 166 Å². The summed E-state index contributed by atoms with van der Waals surface area (Å²) in [7, 11) is 0. The van der Waals surface area contributed by atoms with Crippen LogP contribution in [0.2, 0.25) is 0 Å². The summed E-state index contributed by atoms with van der Waals surface area (Å²) in [5, 5.41) is 8.42. The van der Waals surface area contributed by atoms with Gasteiger partial charge in [-0.1, -0.05) is 19.8 Å². The molecule has 0 unspecified atom stereocenters. The lowest BCUT2D eigenvalue weighted by atomic mass is 9.88. The number of urea groups is 1. The predicted molar refractivity (Wildman–Crippen MR) is 108 cm³/mol. The van der Waals surface area contributed by atoms with E-state index >= 15 is 0 Å². The third-order valence-corrected chi connectivity index (χ3v) is 5.38. The second-order valence-corrected chi connectivity index (χ2v) is 7.62. The van der Waals surface area contributed by atoms with Gasteiger partial charge in [-0.3, -0.25) is 4.79 Å². The molecule has 7 heteroatoms. The molecule has 1 heterocycles. The molecular weight excluding hydrogens is 358 g/mol. The Morgan fingerprint density at radius 3 is 2.43 bits per heavy atom. The second-order valence-electron chi connectivity index (χ2n) is 7.62. The number of benzene rings is 1. The molecule has 7 nitrogen and oxygen atoms in total. The topological polar surface area (TPSA) is 88.7 Å². The molecule has 1 aliphatic carbocycles. The SMILES string of the molecule is C[C@@H]1CCCC[C@@H]1OCCNC(=O)Nc1ccc(NC(=O)[C@@H]2CCCO2)cc1. The van der Waals surface area contributed by atoms with Crippen molar-refractivity contribution in [1.82, 2.24) is 5.32 Å². The standard InChI is InChI=1S/C21H31N3O4/c1-15-5-2-3-6-18(15)28-14-12-22-21(26)24-17-10-8-16(9-11-17)23-20(25)19-7-4-13-27-19/h8-11,15,18-19H,2-7,12-14H2,1H3,(H,23,25)(H2,22,24,26)/t15-,18+,19+/m1/s1. The van der Waals surface area contributed by atoms with Gasteiger partial charge in [0.1, 0.15) is 6.10 Å². The van der Waals surface area contributed by atoms with Crippen LogP contribution in [0.4, 0.5) is 16.2 Å². The Morgan fingerprint density at radius 1 is 1.04 bits per heavy atom. The van der Waals surface area contributed by atoms with Crippen molar-refractivity contribution in [2.45, 2.75) is 57.7 Å². The number of carbonyl (C=O) groups excluding carboxylic acids is 2. The van der Waals surface area contributed by atoms with Crippen molar-refractivity contribution in [3.8, 4) is 0 Å². The molecule has 0 bridgehead atoms. The van der Waals surface area contributed by atoms with Crippen LogP contribution in [0, 0.1) is 5.92 Å². The van der Waals surface area contributed by atoms with Gasteiger partial charge in [0.2, 0.25) is 0 Å². The van der Waals surface area contributed by atoms with E-state index in [9.17, 15) is 9.59 Å². The number of amides is 3. The minimum atomic E-state index is -0.359. The van der Waals surface area contributed by atoms with E-state index < -0.39 is 0 Å². The van der Waals surface area contributed by atoms with Crippen LogP contribution in [0.5, 0.6) is 0 Å². The quantitative estimate of drug-likeness (QED) is 0.623. The van der Waals surface area contributed by atoms with E-state index in [-0.39, 0.29) is 18.0 Å².